The van der Waals surface area contributed by atoms with Gasteiger partial charge in [0.1, 0.15) is 6.04 Å². The number of carboxylic acid groups (broad SMARTS) is 1. The highest BCUT2D eigenvalue weighted by atomic mass is 16.5. The van der Waals surface area contributed by atoms with Crippen LogP contribution in [-0.2, 0) is 9.53 Å². The van der Waals surface area contributed by atoms with Gasteiger partial charge in [-0.25, -0.2) is 0 Å². The quantitative estimate of drug-likeness (QED) is 0.623. The standard InChI is InChI=1S/C8H15NO3/c1-12-7(5-2-3-5)4-6(9)8(10)11/h5-7H,2-4,9H2,1H3,(H,10,11)/t6-,7-/m0/s1. The molecule has 0 aromatic carbocycles. The van der Waals surface area contributed by atoms with Crippen molar-refractivity contribution in [2.24, 2.45) is 11.7 Å². The van der Waals surface area contributed by atoms with E-state index in [1.165, 1.54) is 0 Å². The van der Waals surface area contributed by atoms with Crippen molar-refractivity contribution in [2.75, 3.05) is 7.11 Å². The van der Waals surface area contributed by atoms with Crippen molar-refractivity contribution >= 4 is 5.97 Å². The van der Waals surface area contributed by atoms with E-state index in [4.69, 9.17) is 15.6 Å². The number of ether oxygens (including phenoxy) is 1. The van der Waals surface area contributed by atoms with Gasteiger partial charge in [0, 0.05) is 7.11 Å². The second-order valence-corrected chi connectivity index (χ2v) is 3.29. The Labute approximate surface area is 71.7 Å². The Balaban J connectivity index is 2.30. The van der Waals surface area contributed by atoms with Crippen molar-refractivity contribution < 1.29 is 14.6 Å². The predicted molar refractivity (Wildman–Crippen MR) is 43.7 cm³/mol. The Morgan fingerprint density at radius 1 is 1.75 bits per heavy atom. The number of hydrogen-bond acceptors (Lipinski definition) is 3. The molecule has 0 aromatic heterocycles. The van der Waals surface area contributed by atoms with Gasteiger partial charge in [0.25, 0.3) is 0 Å². The number of rotatable bonds is 5. The number of carbonyl (C=O) groups is 1. The molecular weight excluding hydrogens is 158 g/mol. The van der Waals surface area contributed by atoms with Crippen LogP contribution in [-0.4, -0.2) is 30.3 Å². The molecule has 0 amide bonds. The molecule has 0 radical (unpaired) electrons. The van der Waals surface area contributed by atoms with E-state index in [9.17, 15) is 4.79 Å². The molecule has 0 unspecified atom stereocenters. The summed E-state index contributed by atoms with van der Waals surface area (Å²) in [5.41, 5.74) is 5.38. The molecule has 12 heavy (non-hydrogen) atoms. The lowest BCUT2D eigenvalue weighted by molar-refractivity contribution is -0.139. The van der Waals surface area contributed by atoms with Crippen molar-refractivity contribution in [2.45, 2.75) is 31.4 Å². The van der Waals surface area contributed by atoms with E-state index in [1.54, 1.807) is 7.11 Å². The number of nitrogens with two attached hydrogens (primary N) is 1. The Morgan fingerprint density at radius 3 is 2.67 bits per heavy atom. The van der Waals surface area contributed by atoms with Gasteiger partial charge in [-0.1, -0.05) is 0 Å². The predicted octanol–water partition coefficient (Wildman–Crippen LogP) is 0.213. The molecule has 0 aliphatic heterocycles. The van der Waals surface area contributed by atoms with Crippen LogP contribution in [0.3, 0.4) is 0 Å². The molecule has 1 saturated carbocycles. The smallest absolute Gasteiger partial charge is 0.320 e. The monoisotopic (exact) mass is 173 g/mol. The molecule has 70 valence electrons. The Hall–Kier alpha value is -0.610. The first-order valence-electron chi connectivity index (χ1n) is 4.16. The van der Waals surface area contributed by atoms with E-state index in [0.29, 0.717) is 12.3 Å². The molecule has 2 atom stereocenters. The van der Waals surface area contributed by atoms with Crippen LogP contribution in [0.5, 0.6) is 0 Å². The molecule has 1 fully saturated rings. The lowest BCUT2D eigenvalue weighted by atomic mass is 10.1. The van der Waals surface area contributed by atoms with E-state index in [0.717, 1.165) is 12.8 Å². The largest absolute Gasteiger partial charge is 0.480 e. The summed E-state index contributed by atoms with van der Waals surface area (Å²) < 4.78 is 5.15. The molecule has 1 aliphatic rings. The Kier molecular flexibility index (Phi) is 3.05. The van der Waals surface area contributed by atoms with Gasteiger partial charge in [-0.2, -0.15) is 0 Å². The highest BCUT2D eigenvalue weighted by molar-refractivity contribution is 5.73. The summed E-state index contributed by atoms with van der Waals surface area (Å²) in [7, 11) is 1.61. The average molecular weight is 173 g/mol. The number of carboxylic acids is 1. The van der Waals surface area contributed by atoms with Gasteiger partial charge in [0.2, 0.25) is 0 Å². The summed E-state index contributed by atoms with van der Waals surface area (Å²) in [6.07, 6.45) is 2.75. The van der Waals surface area contributed by atoms with Gasteiger partial charge < -0.3 is 15.6 Å². The normalized spacial score (nSPS) is 21.8. The minimum absolute atomic E-state index is 0.0381. The zero-order valence-corrected chi connectivity index (χ0v) is 7.19. The van der Waals surface area contributed by atoms with Crippen LogP contribution in [0, 0.1) is 5.92 Å². The molecular formula is C8H15NO3. The van der Waals surface area contributed by atoms with Crippen LogP contribution in [0.2, 0.25) is 0 Å². The average Bonchev–Trinajstić information content (AvgIpc) is 2.82. The Morgan fingerprint density at radius 2 is 2.33 bits per heavy atom. The molecule has 1 rings (SSSR count). The molecule has 0 aromatic rings. The first kappa shape index (κ1) is 9.48. The second kappa shape index (κ2) is 3.87. The maximum atomic E-state index is 10.4. The third kappa shape index (κ3) is 2.46. The minimum Gasteiger partial charge on any atom is -0.480 e. The fourth-order valence-corrected chi connectivity index (χ4v) is 1.30. The van der Waals surface area contributed by atoms with Gasteiger partial charge in [-0.05, 0) is 25.2 Å². The molecule has 1 aliphatic carbocycles. The van der Waals surface area contributed by atoms with Crippen molar-refractivity contribution in [3.63, 3.8) is 0 Å². The summed E-state index contributed by atoms with van der Waals surface area (Å²) >= 11 is 0. The van der Waals surface area contributed by atoms with Crippen LogP contribution in [0.4, 0.5) is 0 Å². The maximum Gasteiger partial charge on any atom is 0.320 e. The van der Waals surface area contributed by atoms with Crippen LogP contribution in [0.25, 0.3) is 0 Å². The summed E-state index contributed by atoms with van der Waals surface area (Å²) in [4.78, 5) is 10.4. The van der Waals surface area contributed by atoms with Gasteiger partial charge in [0.05, 0.1) is 6.10 Å². The first-order chi connectivity index (χ1) is 5.65. The molecule has 0 heterocycles. The number of hydrogen-bond donors (Lipinski definition) is 2. The van der Waals surface area contributed by atoms with Gasteiger partial charge in [-0.15, -0.1) is 0 Å². The Bertz CT molecular complexity index is 168. The number of aliphatic carboxylic acids is 1. The lowest BCUT2D eigenvalue weighted by Crippen LogP contribution is -2.35. The third-order valence-corrected chi connectivity index (χ3v) is 2.25. The van der Waals surface area contributed by atoms with E-state index >= 15 is 0 Å². The zero-order chi connectivity index (χ0) is 9.14. The topological polar surface area (TPSA) is 72.5 Å². The lowest BCUT2D eigenvalue weighted by Gasteiger charge is -2.16. The van der Waals surface area contributed by atoms with E-state index in [1.807, 2.05) is 0 Å². The van der Waals surface area contributed by atoms with Crippen molar-refractivity contribution in [3.8, 4) is 0 Å². The van der Waals surface area contributed by atoms with Gasteiger partial charge in [-0.3, -0.25) is 4.79 Å². The fourth-order valence-electron chi connectivity index (χ4n) is 1.30. The van der Waals surface area contributed by atoms with E-state index in [-0.39, 0.29) is 6.10 Å². The highest BCUT2D eigenvalue weighted by Crippen LogP contribution is 2.35. The van der Waals surface area contributed by atoms with Crippen LogP contribution >= 0.6 is 0 Å². The summed E-state index contributed by atoms with van der Waals surface area (Å²) in [6.45, 7) is 0. The highest BCUT2D eigenvalue weighted by Gasteiger charge is 2.33. The second-order valence-electron chi connectivity index (χ2n) is 3.29. The zero-order valence-electron chi connectivity index (χ0n) is 7.19. The molecule has 0 saturated heterocycles. The third-order valence-electron chi connectivity index (χ3n) is 2.25. The van der Waals surface area contributed by atoms with Crippen molar-refractivity contribution in [1.82, 2.24) is 0 Å². The van der Waals surface area contributed by atoms with Gasteiger partial charge >= 0.3 is 5.97 Å². The van der Waals surface area contributed by atoms with Gasteiger partial charge in [0.15, 0.2) is 0 Å². The fraction of sp³-hybridized carbons (Fsp3) is 0.875. The summed E-state index contributed by atoms with van der Waals surface area (Å²) in [5, 5.41) is 8.55. The van der Waals surface area contributed by atoms with E-state index < -0.39 is 12.0 Å². The molecule has 4 nitrogen and oxygen atoms in total. The minimum atomic E-state index is -0.947. The molecule has 4 heteroatoms. The molecule has 0 bridgehead atoms. The molecule has 0 spiro atoms. The SMILES string of the molecule is CO[C@@H](C[C@H](N)C(=O)O)C1CC1. The maximum absolute atomic E-state index is 10.4. The van der Waals surface area contributed by atoms with Crippen LogP contribution in [0.1, 0.15) is 19.3 Å². The van der Waals surface area contributed by atoms with Crippen LogP contribution < -0.4 is 5.73 Å². The van der Waals surface area contributed by atoms with E-state index in [2.05, 4.69) is 0 Å². The van der Waals surface area contributed by atoms with Crippen molar-refractivity contribution in [1.29, 1.82) is 0 Å². The molecule has 3 N–H and O–H groups in total. The summed E-state index contributed by atoms with van der Waals surface area (Å²) in [6, 6.07) is -0.782. The number of methoxy groups -OCH3 is 1. The first-order valence-corrected chi connectivity index (χ1v) is 4.16. The summed E-state index contributed by atoms with van der Waals surface area (Å²) in [5.74, 6) is -0.405. The van der Waals surface area contributed by atoms with Crippen LogP contribution in [0.15, 0.2) is 0 Å². The van der Waals surface area contributed by atoms with Crippen molar-refractivity contribution in [3.05, 3.63) is 0 Å².